The minimum atomic E-state index is -0.771. The van der Waals surface area contributed by atoms with Crippen molar-refractivity contribution in [2.75, 3.05) is 27.9 Å². The Hall–Kier alpha value is -2.92. The number of benzene rings is 2. The molecule has 2 heterocycles. The Bertz CT molecular complexity index is 1440. The zero-order chi connectivity index (χ0) is 28.7. The minimum absolute atomic E-state index is 0.0640. The molecule has 10 heteroatoms. The molecule has 0 spiro atoms. The number of fused-ring (bicyclic) bond motifs is 5. The third kappa shape index (κ3) is 4.91. The first kappa shape index (κ1) is 28.6. The lowest BCUT2D eigenvalue weighted by Crippen LogP contribution is -2.30. The number of hydrogen-bond donors (Lipinski definition) is 0. The third-order valence-electron chi connectivity index (χ3n) is 7.65. The summed E-state index contributed by atoms with van der Waals surface area (Å²) in [6.07, 6.45) is 3.93. The predicted molar refractivity (Wildman–Crippen MR) is 152 cm³/mol. The lowest BCUT2D eigenvalue weighted by Gasteiger charge is -2.19. The SMILES string of the molecule is COCC1=C[C@@H]2O[C@H]1[C@H]1C(=O)C(c3ccc(Br)cc3OC)C(=O)[C@H]12.COc1cc(Br)ccc1C1C(=O)C=CC1=O. The van der Waals surface area contributed by atoms with Crippen LogP contribution in [0.3, 0.4) is 0 Å². The molecule has 208 valence electrons. The molecule has 6 rings (SSSR count). The molecule has 1 saturated carbocycles. The van der Waals surface area contributed by atoms with Gasteiger partial charge < -0.3 is 18.9 Å². The van der Waals surface area contributed by atoms with Crippen LogP contribution in [0.15, 0.2) is 69.1 Å². The molecule has 0 radical (unpaired) electrons. The van der Waals surface area contributed by atoms with Gasteiger partial charge in [-0.2, -0.15) is 0 Å². The molecule has 2 bridgehead atoms. The Morgan fingerprint density at radius 3 is 1.80 bits per heavy atom. The Morgan fingerprint density at radius 1 is 0.750 bits per heavy atom. The van der Waals surface area contributed by atoms with Gasteiger partial charge in [-0.15, -0.1) is 0 Å². The lowest BCUT2D eigenvalue weighted by molar-refractivity contribution is -0.127. The largest absolute Gasteiger partial charge is 0.496 e. The summed E-state index contributed by atoms with van der Waals surface area (Å²) in [6, 6.07) is 10.7. The Balaban J connectivity index is 0.000000176. The van der Waals surface area contributed by atoms with Crippen molar-refractivity contribution in [3.05, 3.63) is 80.3 Å². The van der Waals surface area contributed by atoms with Crippen molar-refractivity contribution in [1.82, 2.24) is 0 Å². The highest BCUT2D eigenvalue weighted by molar-refractivity contribution is 9.10. The maximum atomic E-state index is 13.1. The highest BCUT2D eigenvalue weighted by atomic mass is 79.9. The van der Waals surface area contributed by atoms with Crippen LogP contribution in [-0.2, 0) is 28.7 Å². The summed E-state index contributed by atoms with van der Waals surface area (Å²) in [5.74, 6) is -1.71. The maximum absolute atomic E-state index is 13.1. The van der Waals surface area contributed by atoms with Gasteiger partial charge >= 0.3 is 0 Å². The van der Waals surface area contributed by atoms with Crippen molar-refractivity contribution < 1.29 is 38.1 Å². The van der Waals surface area contributed by atoms with E-state index in [9.17, 15) is 19.2 Å². The molecule has 2 aliphatic heterocycles. The van der Waals surface area contributed by atoms with Crippen LogP contribution in [0, 0.1) is 11.8 Å². The number of allylic oxidation sites excluding steroid dienone is 2. The summed E-state index contributed by atoms with van der Waals surface area (Å²) in [5.41, 5.74) is 2.22. The zero-order valence-corrected chi connectivity index (χ0v) is 25.1. The normalized spacial score (nSPS) is 26.6. The van der Waals surface area contributed by atoms with E-state index in [0.29, 0.717) is 29.2 Å². The number of carbonyl (C=O) groups excluding carboxylic acids is 4. The zero-order valence-electron chi connectivity index (χ0n) is 21.9. The van der Waals surface area contributed by atoms with Crippen LogP contribution < -0.4 is 9.47 Å². The van der Waals surface area contributed by atoms with Crippen molar-refractivity contribution in [3.63, 3.8) is 0 Å². The number of ether oxygens (including phenoxy) is 4. The summed E-state index contributed by atoms with van der Waals surface area (Å²) in [7, 11) is 4.67. The molecule has 2 aromatic carbocycles. The van der Waals surface area contributed by atoms with Crippen molar-refractivity contribution in [1.29, 1.82) is 0 Å². The summed E-state index contributed by atoms with van der Waals surface area (Å²) in [6.45, 7) is 0.429. The van der Waals surface area contributed by atoms with Crippen molar-refractivity contribution >= 4 is 55.0 Å². The molecule has 2 aromatic rings. The number of hydrogen-bond acceptors (Lipinski definition) is 8. The monoisotopic (exact) mass is 672 g/mol. The summed E-state index contributed by atoms with van der Waals surface area (Å²) in [4.78, 5) is 49.2. The highest BCUT2D eigenvalue weighted by Gasteiger charge is 2.63. The van der Waals surface area contributed by atoms with Gasteiger partial charge in [-0.25, -0.2) is 0 Å². The summed E-state index contributed by atoms with van der Waals surface area (Å²) >= 11 is 6.70. The van der Waals surface area contributed by atoms with E-state index in [1.165, 1.54) is 19.3 Å². The molecule has 4 aliphatic rings. The Morgan fingerprint density at radius 2 is 1.27 bits per heavy atom. The topological polar surface area (TPSA) is 105 Å². The quantitative estimate of drug-likeness (QED) is 0.326. The van der Waals surface area contributed by atoms with Gasteiger partial charge in [0, 0.05) is 27.2 Å². The highest BCUT2D eigenvalue weighted by Crippen LogP contribution is 2.53. The van der Waals surface area contributed by atoms with E-state index in [4.69, 9.17) is 18.9 Å². The molecular formula is C30H26Br2O8. The first-order valence-electron chi connectivity index (χ1n) is 12.5. The van der Waals surface area contributed by atoms with E-state index in [1.807, 2.05) is 12.1 Å². The molecule has 0 aromatic heterocycles. The Kier molecular flexibility index (Phi) is 8.24. The van der Waals surface area contributed by atoms with Gasteiger partial charge in [0.1, 0.15) is 23.3 Å². The molecule has 2 fully saturated rings. The summed E-state index contributed by atoms with van der Waals surface area (Å²) in [5, 5.41) is 0. The second-order valence-corrected chi connectivity index (χ2v) is 11.7. The van der Waals surface area contributed by atoms with E-state index >= 15 is 0 Å². The van der Waals surface area contributed by atoms with Crippen molar-refractivity contribution in [2.45, 2.75) is 24.0 Å². The van der Waals surface area contributed by atoms with E-state index in [0.717, 1.165) is 14.5 Å². The average molecular weight is 674 g/mol. The number of rotatable bonds is 6. The van der Waals surface area contributed by atoms with Gasteiger partial charge in [0.25, 0.3) is 0 Å². The van der Waals surface area contributed by atoms with Gasteiger partial charge in [-0.1, -0.05) is 50.1 Å². The number of methoxy groups -OCH3 is 3. The van der Waals surface area contributed by atoms with Gasteiger partial charge in [-0.3, -0.25) is 19.2 Å². The first-order valence-corrected chi connectivity index (χ1v) is 14.1. The van der Waals surface area contributed by atoms with Gasteiger partial charge in [0.15, 0.2) is 23.1 Å². The van der Waals surface area contributed by atoms with E-state index in [2.05, 4.69) is 31.9 Å². The third-order valence-corrected chi connectivity index (χ3v) is 8.63. The van der Waals surface area contributed by atoms with Crippen LogP contribution in [0.25, 0.3) is 0 Å². The molecule has 40 heavy (non-hydrogen) atoms. The van der Waals surface area contributed by atoms with Crippen LogP contribution in [0.4, 0.5) is 0 Å². The number of Topliss-reactive ketones (excluding diaryl/α,β-unsaturated/α-hetero) is 2. The van der Waals surface area contributed by atoms with Crippen LogP contribution >= 0.6 is 31.9 Å². The first-order chi connectivity index (χ1) is 19.2. The molecular weight excluding hydrogens is 648 g/mol. The van der Waals surface area contributed by atoms with Gasteiger partial charge in [-0.05, 0) is 42.0 Å². The number of halogens is 2. The minimum Gasteiger partial charge on any atom is -0.496 e. The fourth-order valence-corrected chi connectivity index (χ4v) is 6.62. The molecule has 0 N–H and O–H groups in total. The van der Waals surface area contributed by atoms with E-state index in [-0.39, 0.29) is 41.3 Å². The molecule has 8 nitrogen and oxygen atoms in total. The fraction of sp³-hybridized carbons (Fsp3) is 0.333. The van der Waals surface area contributed by atoms with Gasteiger partial charge in [0.05, 0.1) is 44.9 Å². The molecule has 2 aliphatic carbocycles. The summed E-state index contributed by atoms with van der Waals surface area (Å²) < 4.78 is 23.3. The fourth-order valence-electron chi connectivity index (χ4n) is 5.94. The molecule has 0 amide bonds. The second-order valence-electron chi connectivity index (χ2n) is 9.83. The van der Waals surface area contributed by atoms with Gasteiger partial charge in [0.2, 0.25) is 0 Å². The van der Waals surface area contributed by atoms with E-state index < -0.39 is 17.8 Å². The van der Waals surface area contributed by atoms with Crippen molar-refractivity contribution in [3.8, 4) is 11.5 Å². The van der Waals surface area contributed by atoms with Crippen LogP contribution in [0.5, 0.6) is 11.5 Å². The number of carbonyl (C=O) groups is 4. The van der Waals surface area contributed by atoms with Crippen molar-refractivity contribution in [2.24, 2.45) is 11.8 Å². The molecule has 5 atom stereocenters. The second kappa shape index (κ2) is 11.5. The van der Waals surface area contributed by atoms with Crippen LogP contribution in [-0.4, -0.2) is 63.3 Å². The predicted octanol–water partition coefficient (Wildman–Crippen LogP) is 4.53. The lowest BCUT2D eigenvalue weighted by atomic mass is 9.81. The number of ketones is 4. The van der Waals surface area contributed by atoms with Crippen LogP contribution in [0.1, 0.15) is 23.0 Å². The smallest absolute Gasteiger partial charge is 0.171 e. The average Bonchev–Trinajstić information content (AvgIpc) is 3.67. The standard InChI is InChI=1S/C18H17BrO5.C12H9BrO3/c1-22-7-8-5-12-14-15(18(8)24-12)17(21)13(16(14)20)10-4-3-9(19)6-11(10)23-2;1-16-11-6-7(13)2-3-8(11)12-9(14)4-5-10(12)15/h3-6,12-15,18H,7H2,1-2H3;2-6,12H,1H3/t12-,13?,14-,15+,18+;/m0./s1. The van der Waals surface area contributed by atoms with Crippen LogP contribution in [0.2, 0.25) is 0 Å². The molecule has 1 saturated heterocycles. The maximum Gasteiger partial charge on any atom is 0.171 e. The van der Waals surface area contributed by atoms with E-state index in [1.54, 1.807) is 44.6 Å². The Labute approximate surface area is 247 Å². The molecule has 1 unspecified atom stereocenters.